The predicted octanol–water partition coefficient (Wildman–Crippen LogP) is 23.0. The zero-order valence-electron chi connectivity index (χ0n) is 46.6. The lowest BCUT2D eigenvalue weighted by molar-refractivity contribution is 1.18. The van der Waals surface area contributed by atoms with E-state index in [1.807, 2.05) is 0 Å². The van der Waals surface area contributed by atoms with E-state index in [9.17, 15) is 0 Å². The van der Waals surface area contributed by atoms with Gasteiger partial charge in [-0.25, -0.2) is 0 Å². The van der Waals surface area contributed by atoms with Gasteiger partial charge in [0.15, 0.2) is 0 Å². The minimum atomic E-state index is 1.11. The highest BCUT2D eigenvalue weighted by atomic mass is 15.1. The van der Waals surface area contributed by atoms with Crippen LogP contribution in [0.15, 0.2) is 334 Å². The molecule has 0 bridgehead atoms. The minimum Gasteiger partial charge on any atom is -0.310 e. The fourth-order valence-electron chi connectivity index (χ4n) is 13.1. The van der Waals surface area contributed by atoms with E-state index in [1.165, 1.54) is 109 Å². The van der Waals surface area contributed by atoms with Crippen molar-refractivity contribution >= 4 is 99.0 Å². The highest BCUT2D eigenvalue weighted by molar-refractivity contribution is 6.32. The average Bonchev–Trinajstić information content (AvgIpc) is 2.23. The van der Waals surface area contributed by atoms with Gasteiger partial charge in [-0.2, -0.15) is 0 Å². The predicted molar refractivity (Wildman–Crippen MR) is 362 cm³/mol. The van der Waals surface area contributed by atoms with E-state index in [-0.39, 0.29) is 0 Å². The van der Waals surface area contributed by atoms with E-state index < -0.39 is 0 Å². The van der Waals surface area contributed by atoms with Crippen molar-refractivity contribution in [1.82, 2.24) is 4.57 Å². The van der Waals surface area contributed by atoms with Gasteiger partial charge in [-0.3, -0.25) is 0 Å². The Bertz CT molecular complexity index is 4830. The van der Waals surface area contributed by atoms with Crippen molar-refractivity contribution in [3.05, 3.63) is 334 Å². The van der Waals surface area contributed by atoms with Crippen molar-refractivity contribution < 1.29 is 0 Å². The molecular weight excluding hydrogens is 1030 g/mol. The SMILES string of the molecule is c1ccc(-c2ccc(N(c3ccccc3)c3ccc4cc(-c5cc6c(c7ccccc57)c5c7ccccc7c(-c7ccc8cc(N(c9ccccc9)c9ccc(-c%10ccccc%10)cc9)ccc8c7)cc5n6-c5ccccc5)ccc4c3)cc2)cc1. The summed E-state index contributed by atoms with van der Waals surface area (Å²) in [5.74, 6) is 0. The maximum absolute atomic E-state index is 2.51. The van der Waals surface area contributed by atoms with Gasteiger partial charge in [0.05, 0.1) is 11.0 Å². The Morgan fingerprint density at radius 2 is 0.494 bits per heavy atom. The molecule has 398 valence electrons. The third-order valence-corrected chi connectivity index (χ3v) is 17.1. The molecule has 16 aromatic rings. The highest BCUT2D eigenvalue weighted by Gasteiger charge is 2.23. The molecule has 15 aromatic carbocycles. The molecule has 0 amide bonds. The van der Waals surface area contributed by atoms with Gasteiger partial charge in [0.1, 0.15) is 0 Å². The first-order valence-electron chi connectivity index (χ1n) is 29.2. The molecule has 0 N–H and O–H groups in total. The largest absolute Gasteiger partial charge is 0.310 e. The molecule has 0 aliphatic carbocycles. The van der Waals surface area contributed by atoms with E-state index in [0.717, 1.165) is 39.8 Å². The maximum atomic E-state index is 2.51. The van der Waals surface area contributed by atoms with Crippen molar-refractivity contribution in [3.63, 3.8) is 0 Å². The smallest absolute Gasteiger partial charge is 0.0553 e. The monoisotopic (exact) mass is 1080 g/mol. The number of hydrogen-bond acceptors (Lipinski definition) is 2. The molecule has 0 radical (unpaired) electrons. The Balaban J connectivity index is 0.816. The molecule has 0 saturated carbocycles. The molecule has 0 unspecified atom stereocenters. The molecule has 0 aliphatic rings. The number of hydrogen-bond donors (Lipinski definition) is 0. The third-order valence-electron chi connectivity index (χ3n) is 17.1. The van der Waals surface area contributed by atoms with Gasteiger partial charge in [-0.15, -0.1) is 0 Å². The summed E-state index contributed by atoms with van der Waals surface area (Å²) in [6.07, 6.45) is 0. The van der Waals surface area contributed by atoms with Gasteiger partial charge in [-0.1, -0.05) is 224 Å². The van der Waals surface area contributed by atoms with Crippen LogP contribution >= 0.6 is 0 Å². The van der Waals surface area contributed by atoms with Gasteiger partial charge in [0.2, 0.25) is 0 Å². The fourth-order valence-corrected chi connectivity index (χ4v) is 13.1. The van der Waals surface area contributed by atoms with Crippen LogP contribution in [0.2, 0.25) is 0 Å². The number of anilines is 6. The summed E-state index contributed by atoms with van der Waals surface area (Å²) in [5.41, 5.74) is 19.7. The van der Waals surface area contributed by atoms with Crippen LogP contribution < -0.4 is 9.80 Å². The summed E-state index contributed by atoms with van der Waals surface area (Å²) in [6.45, 7) is 0. The molecule has 0 spiro atoms. The Morgan fingerprint density at radius 3 is 0.906 bits per heavy atom. The first-order valence-corrected chi connectivity index (χ1v) is 29.2. The molecule has 0 fully saturated rings. The summed E-state index contributed by atoms with van der Waals surface area (Å²) in [6, 6.07) is 122. The number of benzene rings is 15. The van der Waals surface area contributed by atoms with E-state index in [1.54, 1.807) is 0 Å². The molecule has 85 heavy (non-hydrogen) atoms. The van der Waals surface area contributed by atoms with Crippen molar-refractivity contribution in [2.24, 2.45) is 0 Å². The lowest BCUT2D eigenvalue weighted by Gasteiger charge is -2.26. The van der Waals surface area contributed by atoms with Gasteiger partial charge in [0.25, 0.3) is 0 Å². The Hall–Kier alpha value is -11.3. The molecule has 16 rings (SSSR count). The van der Waals surface area contributed by atoms with E-state index in [0.29, 0.717) is 0 Å². The van der Waals surface area contributed by atoms with E-state index in [4.69, 9.17) is 0 Å². The first-order chi connectivity index (χ1) is 42.1. The topological polar surface area (TPSA) is 11.4 Å². The van der Waals surface area contributed by atoms with Crippen molar-refractivity contribution in [3.8, 4) is 50.2 Å². The lowest BCUT2D eigenvalue weighted by atomic mass is 9.91. The second-order valence-corrected chi connectivity index (χ2v) is 22.1. The van der Waals surface area contributed by atoms with Crippen LogP contribution in [0.25, 0.3) is 115 Å². The van der Waals surface area contributed by atoms with Gasteiger partial charge in [-0.05, 0) is 197 Å². The van der Waals surface area contributed by atoms with E-state index in [2.05, 4.69) is 348 Å². The van der Waals surface area contributed by atoms with Crippen molar-refractivity contribution in [2.75, 3.05) is 9.80 Å². The summed E-state index contributed by atoms with van der Waals surface area (Å²) in [4.78, 5) is 4.70. The normalized spacial score (nSPS) is 11.5. The summed E-state index contributed by atoms with van der Waals surface area (Å²) >= 11 is 0. The van der Waals surface area contributed by atoms with Crippen LogP contribution in [0.5, 0.6) is 0 Å². The zero-order chi connectivity index (χ0) is 56.2. The molecule has 0 aliphatic heterocycles. The van der Waals surface area contributed by atoms with Crippen LogP contribution in [0.1, 0.15) is 0 Å². The Labute approximate surface area is 494 Å². The maximum Gasteiger partial charge on any atom is 0.0553 e. The number of para-hydroxylation sites is 3. The average molecular weight is 1080 g/mol. The number of rotatable bonds is 11. The molecule has 1 heterocycles. The van der Waals surface area contributed by atoms with Crippen molar-refractivity contribution in [2.45, 2.75) is 0 Å². The summed E-state index contributed by atoms with van der Waals surface area (Å²) in [7, 11) is 0. The molecule has 0 saturated heterocycles. The number of fused-ring (bicyclic) bond motifs is 9. The minimum absolute atomic E-state index is 1.11. The summed E-state index contributed by atoms with van der Waals surface area (Å²) in [5, 5.41) is 12.2. The third kappa shape index (κ3) is 8.86. The van der Waals surface area contributed by atoms with Crippen LogP contribution in [-0.4, -0.2) is 4.57 Å². The molecular formula is C82H55N3. The molecule has 3 heteroatoms. The molecule has 0 atom stereocenters. The van der Waals surface area contributed by atoms with Crippen LogP contribution in [0, 0.1) is 0 Å². The first kappa shape index (κ1) is 49.5. The Morgan fingerprint density at radius 1 is 0.200 bits per heavy atom. The highest BCUT2D eigenvalue weighted by Crippen LogP contribution is 2.48. The van der Waals surface area contributed by atoms with Crippen LogP contribution in [-0.2, 0) is 0 Å². The quantitative estimate of drug-likeness (QED) is 0.128. The molecule has 3 nitrogen and oxygen atoms in total. The van der Waals surface area contributed by atoms with Crippen LogP contribution in [0.3, 0.4) is 0 Å². The van der Waals surface area contributed by atoms with Crippen molar-refractivity contribution in [1.29, 1.82) is 0 Å². The number of nitrogens with zero attached hydrogens (tertiary/aromatic N) is 3. The van der Waals surface area contributed by atoms with E-state index >= 15 is 0 Å². The molecule has 1 aromatic heterocycles. The second-order valence-electron chi connectivity index (χ2n) is 22.1. The number of aromatic nitrogens is 1. The summed E-state index contributed by atoms with van der Waals surface area (Å²) < 4.78 is 2.51. The zero-order valence-corrected chi connectivity index (χ0v) is 46.6. The van der Waals surface area contributed by atoms with Crippen LogP contribution in [0.4, 0.5) is 34.1 Å². The second kappa shape index (κ2) is 20.9. The fraction of sp³-hybridized carbons (Fsp3) is 0. The Kier molecular flexibility index (Phi) is 12.2. The standard InChI is InChI=1S/C82H55N3/c1-6-20-56(21-7-1)58-38-44-69(45-39-58)83(66-24-10-3-11-25-66)71-48-42-60-50-64(36-34-62(60)52-71)77-54-79-81(75-32-18-16-30-73(75)77)82-76-33-19-17-31-74(76)78(55-80(82)85(79)68-28-14-5-15-29-68)65-37-35-63-53-72(49-43-61(63)51-65)84(67-26-12-4-13-27-67)70-46-40-59(41-47-70)57-22-8-2-9-23-57/h1-55H. The van der Waals surface area contributed by atoms with Gasteiger partial charge < -0.3 is 14.4 Å². The van der Waals surface area contributed by atoms with Gasteiger partial charge in [0, 0.05) is 50.6 Å². The lowest BCUT2D eigenvalue weighted by Crippen LogP contribution is -2.09. The van der Waals surface area contributed by atoms with Gasteiger partial charge >= 0.3 is 0 Å².